The minimum absolute atomic E-state index is 0.0160. The molecular weight excluding hydrogens is 239 g/mol. The maximum atomic E-state index is 12.4. The minimum Gasteiger partial charge on any atom is -0.307 e. The lowest BCUT2D eigenvalue weighted by atomic mass is 10.0. The summed E-state index contributed by atoms with van der Waals surface area (Å²) in [4.78, 5) is 0. The van der Waals surface area contributed by atoms with Crippen molar-refractivity contribution in [3.8, 4) is 0 Å². The van der Waals surface area contributed by atoms with Gasteiger partial charge in [-0.1, -0.05) is 18.2 Å². The number of alkyl halides is 3. The largest absolute Gasteiger partial charge is 0.416 e. The first kappa shape index (κ1) is 14.8. The van der Waals surface area contributed by atoms with E-state index in [0.29, 0.717) is 0 Å². The van der Waals surface area contributed by atoms with E-state index in [1.165, 1.54) is 12.1 Å². The van der Waals surface area contributed by atoms with Gasteiger partial charge in [-0.05, 0) is 38.0 Å². The normalized spacial score (nSPS) is 15.2. The third-order valence-corrected chi connectivity index (χ3v) is 2.79. The molecule has 0 heterocycles. The molecule has 4 heteroatoms. The van der Waals surface area contributed by atoms with Crippen LogP contribution in [0.4, 0.5) is 13.2 Å². The Morgan fingerprint density at radius 1 is 1.22 bits per heavy atom. The predicted octanol–water partition coefficient (Wildman–Crippen LogP) is 4.32. The molecule has 0 amide bonds. The summed E-state index contributed by atoms with van der Waals surface area (Å²) in [6.45, 7) is 7.60. The minimum atomic E-state index is -4.27. The summed E-state index contributed by atoms with van der Waals surface area (Å²) in [5.41, 5.74) is 0.233. The maximum absolute atomic E-state index is 12.4. The van der Waals surface area contributed by atoms with E-state index in [1.54, 1.807) is 0 Å². The van der Waals surface area contributed by atoms with Crippen LogP contribution in [0.3, 0.4) is 0 Å². The first-order valence-electron chi connectivity index (χ1n) is 5.88. The molecule has 0 saturated heterocycles. The van der Waals surface area contributed by atoms with Gasteiger partial charge in [0.1, 0.15) is 0 Å². The van der Waals surface area contributed by atoms with Gasteiger partial charge >= 0.3 is 6.18 Å². The summed E-state index contributed by atoms with van der Waals surface area (Å²) in [6.07, 6.45) is -1.63. The molecule has 1 aromatic rings. The van der Waals surface area contributed by atoms with Crippen LogP contribution in [0.15, 0.2) is 36.9 Å². The van der Waals surface area contributed by atoms with Crippen molar-refractivity contribution in [2.75, 3.05) is 0 Å². The van der Waals surface area contributed by atoms with Gasteiger partial charge in [0.05, 0.1) is 5.56 Å². The fraction of sp³-hybridized carbons (Fsp3) is 0.429. The molecule has 1 nitrogen and oxygen atoms in total. The molecular formula is C14H18F3N. The quantitative estimate of drug-likeness (QED) is 0.774. The molecule has 2 atom stereocenters. The summed E-state index contributed by atoms with van der Waals surface area (Å²) >= 11 is 0. The van der Waals surface area contributed by atoms with Crippen LogP contribution in [0.1, 0.15) is 37.4 Å². The number of nitrogens with one attached hydrogen (secondary N) is 1. The van der Waals surface area contributed by atoms with Crippen LogP contribution in [-0.4, -0.2) is 6.04 Å². The van der Waals surface area contributed by atoms with Crippen molar-refractivity contribution in [3.63, 3.8) is 0 Å². The van der Waals surface area contributed by atoms with Gasteiger partial charge in [0, 0.05) is 12.1 Å². The van der Waals surface area contributed by atoms with Crippen LogP contribution in [0.5, 0.6) is 0 Å². The molecule has 1 aromatic carbocycles. The molecule has 0 saturated carbocycles. The summed E-state index contributed by atoms with van der Waals surface area (Å²) in [5.74, 6) is 0. The number of rotatable bonds is 5. The van der Waals surface area contributed by atoms with E-state index in [-0.39, 0.29) is 12.1 Å². The van der Waals surface area contributed by atoms with E-state index in [0.717, 1.165) is 24.1 Å². The van der Waals surface area contributed by atoms with Crippen molar-refractivity contribution >= 4 is 0 Å². The Morgan fingerprint density at radius 2 is 1.78 bits per heavy atom. The van der Waals surface area contributed by atoms with E-state index in [4.69, 9.17) is 0 Å². The van der Waals surface area contributed by atoms with Crippen LogP contribution >= 0.6 is 0 Å². The summed E-state index contributed by atoms with van der Waals surface area (Å²) in [5, 5.41) is 3.30. The van der Waals surface area contributed by atoms with Gasteiger partial charge in [-0.15, -0.1) is 6.58 Å². The molecule has 0 radical (unpaired) electrons. The number of hydrogen-bond acceptors (Lipinski definition) is 1. The zero-order valence-electron chi connectivity index (χ0n) is 10.6. The van der Waals surface area contributed by atoms with Crippen molar-refractivity contribution in [1.82, 2.24) is 5.32 Å². The zero-order valence-corrected chi connectivity index (χ0v) is 10.6. The van der Waals surface area contributed by atoms with E-state index >= 15 is 0 Å². The van der Waals surface area contributed by atoms with E-state index in [2.05, 4.69) is 11.9 Å². The lowest BCUT2D eigenvalue weighted by Gasteiger charge is -2.19. The molecule has 0 bridgehead atoms. The van der Waals surface area contributed by atoms with Gasteiger partial charge in [-0.3, -0.25) is 0 Å². The predicted molar refractivity (Wildman–Crippen MR) is 67.3 cm³/mol. The third kappa shape index (κ3) is 4.18. The number of hydrogen-bond donors (Lipinski definition) is 1. The van der Waals surface area contributed by atoms with Crippen LogP contribution < -0.4 is 5.32 Å². The van der Waals surface area contributed by atoms with Gasteiger partial charge in [0.2, 0.25) is 0 Å². The Balaban J connectivity index is 2.70. The standard InChI is InChI=1S/C14H18F3N/c1-4-5-10(2)18-11(3)12-6-8-13(9-7-12)14(15,16)17/h4,6-11,18H,1,5H2,2-3H3. The molecule has 1 N–H and O–H groups in total. The van der Waals surface area contributed by atoms with Crippen LogP contribution in [0, 0.1) is 0 Å². The highest BCUT2D eigenvalue weighted by Gasteiger charge is 2.30. The van der Waals surface area contributed by atoms with Gasteiger partial charge in [0.15, 0.2) is 0 Å². The summed E-state index contributed by atoms with van der Waals surface area (Å²) < 4.78 is 37.2. The van der Waals surface area contributed by atoms with Crippen molar-refractivity contribution in [2.24, 2.45) is 0 Å². The molecule has 0 aromatic heterocycles. The van der Waals surface area contributed by atoms with E-state index in [1.807, 2.05) is 19.9 Å². The first-order valence-corrected chi connectivity index (χ1v) is 5.88. The highest BCUT2D eigenvalue weighted by molar-refractivity contribution is 5.26. The molecule has 100 valence electrons. The second-order valence-electron chi connectivity index (χ2n) is 4.43. The molecule has 18 heavy (non-hydrogen) atoms. The Morgan fingerprint density at radius 3 is 2.22 bits per heavy atom. The SMILES string of the molecule is C=CCC(C)NC(C)c1ccc(C(F)(F)F)cc1. The van der Waals surface area contributed by atoms with Gasteiger partial charge < -0.3 is 5.32 Å². The van der Waals surface area contributed by atoms with Gasteiger partial charge in [-0.25, -0.2) is 0 Å². The van der Waals surface area contributed by atoms with Gasteiger partial charge in [0.25, 0.3) is 0 Å². The second kappa shape index (κ2) is 6.05. The molecule has 1 rings (SSSR count). The molecule has 0 aliphatic rings. The lowest BCUT2D eigenvalue weighted by Crippen LogP contribution is -2.28. The Hall–Kier alpha value is -1.29. The van der Waals surface area contributed by atoms with Crippen LogP contribution in [0.2, 0.25) is 0 Å². The maximum Gasteiger partial charge on any atom is 0.416 e. The van der Waals surface area contributed by atoms with Crippen molar-refractivity contribution < 1.29 is 13.2 Å². The molecule has 0 aliphatic heterocycles. The monoisotopic (exact) mass is 257 g/mol. The van der Waals surface area contributed by atoms with Crippen molar-refractivity contribution in [1.29, 1.82) is 0 Å². The number of benzene rings is 1. The lowest BCUT2D eigenvalue weighted by molar-refractivity contribution is -0.137. The average Bonchev–Trinajstić information content (AvgIpc) is 2.28. The van der Waals surface area contributed by atoms with Crippen molar-refractivity contribution in [2.45, 2.75) is 38.5 Å². The first-order chi connectivity index (χ1) is 8.34. The van der Waals surface area contributed by atoms with Crippen molar-refractivity contribution in [3.05, 3.63) is 48.0 Å². The average molecular weight is 257 g/mol. The summed E-state index contributed by atoms with van der Waals surface area (Å²) in [6, 6.07) is 5.53. The van der Waals surface area contributed by atoms with E-state index in [9.17, 15) is 13.2 Å². The Kier molecular flexibility index (Phi) is 4.96. The Labute approximate surface area is 106 Å². The highest BCUT2D eigenvalue weighted by Crippen LogP contribution is 2.29. The number of halogens is 3. The fourth-order valence-corrected chi connectivity index (χ4v) is 1.80. The fourth-order valence-electron chi connectivity index (χ4n) is 1.80. The highest BCUT2D eigenvalue weighted by atomic mass is 19.4. The van der Waals surface area contributed by atoms with Crippen LogP contribution in [-0.2, 0) is 6.18 Å². The topological polar surface area (TPSA) is 12.0 Å². The van der Waals surface area contributed by atoms with Gasteiger partial charge in [-0.2, -0.15) is 13.2 Å². The molecule has 0 aliphatic carbocycles. The molecule has 0 spiro atoms. The second-order valence-corrected chi connectivity index (χ2v) is 4.43. The smallest absolute Gasteiger partial charge is 0.307 e. The third-order valence-electron chi connectivity index (χ3n) is 2.79. The van der Waals surface area contributed by atoms with E-state index < -0.39 is 11.7 Å². The Bertz CT molecular complexity index is 381. The van der Waals surface area contributed by atoms with Crippen LogP contribution in [0.25, 0.3) is 0 Å². The zero-order chi connectivity index (χ0) is 13.8. The summed E-state index contributed by atoms with van der Waals surface area (Å²) in [7, 11) is 0. The molecule has 0 fully saturated rings. The molecule has 2 unspecified atom stereocenters.